The van der Waals surface area contributed by atoms with E-state index in [4.69, 9.17) is 5.84 Å². The Bertz CT molecular complexity index is 565. The van der Waals surface area contributed by atoms with E-state index in [9.17, 15) is 0 Å². The van der Waals surface area contributed by atoms with Gasteiger partial charge in [-0.3, -0.25) is 16.0 Å². The predicted molar refractivity (Wildman–Crippen MR) is 84.6 cm³/mol. The van der Waals surface area contributed by atoms with Gasteiger partial charge in [-0.2, -0.15) is 5.10 Å². The molecular weight excluding hydrogens is 268 g/mol. The zero-order valence-electron chi connectivity index (χ0n) is 12.3. The summed E-state index contributed by atoms with van der Waals surface area (Å²) in [6.07, 6.45) is 3.87. The molecule has 4 nitrogen and oxygen atoms in total. The van der Waals surface area contributed by atoms with Crippen LogP contribution in [0.1, 0.15) is 29.9 Å². The van der Waals surface area contributed by atoms with Crippen LogP contribution in [0.2, 0.25) is 0 Å². The maximum atomic E-state index is 5.78. The lowest BCUT2D eigenvalue weighted by Gasteiger charge is -2.19. The Morgan fingerprint density at radius 1 is 1.40 bits per heavy atom. The van der Waals surface area contributed by atoms with Crippen LogP contribution in [0, 0.1) is 0 Å². The molecule has 1 unspecified atom stereocenters. The number of nitrogens with one attached hydrogen (secondary N) is 1. The third kappa shape index (κ3) is 3.23. The van der Waals surface area contributed by atoms with Crippen molar-refractivity contribution in [3.8, 4) is 0 Å². The molecule has 5 heteroatoms. The Morgan fingerprint density at radius 3 is 2.75 bits per heavy atom. The van der Waals surface area contributed by atoms with E-state index in [2.05, 4.69) is 54.0 Å². The van der Waals surface area contributed by atoms with Gasteiger partial charge in [-0.25, -0.2) is 0 Å². The highest BCUT2D eigenvalue weighted by Gasteiger charge is 2.16. The summed E-state index contributed by atoms with van der Waals surface area (Å²) in [5.74, 6) is 5.78. The van der Waals surface area contributed by atoms with Crippen molar-refractivity contribution in [3.63, 3.8) is 0 Å². The summed E-state index contributed by atoms with van der Waals surface area (Å²) in [6, 6.07) is 10.6. The number of nitrogens with zero attached hydrogens (tertiary/aromatic N) is 2. The van der Waals surface area contributed by atoms with Crippen LogP contribution in [0.15, 0.2) is 35.2 Å². The molecule has 0 aliphatic heterocycles. The fourth-order valence-corrected chi connectivity index (χ4v) is 3.02. The molecule has 0 spiro atoms. The van der Waals surface area contributed by atoms with Crippen LogP contribution < -0.4 is 11.3 Å². The number of hydrazine groups is 1. The Kier molecular flexibility index (Phi) is 5.23. The van der Waals surface area contributed by atoms with Gasteiger partial charge >= 0.3 is 0 Å². The molecule has 1 aromatic carbocycles. The highest BCUT2D eigenvalue weighted by molar-refractivity contribution is 7.98. The molecule has 0 fully saturated rings. The highest BCUT2D eigenvalue weighted by Crippen LogP contribution is 2.27. The van der Waals surface area contributed by atoms with Crippen molar-refractivity contribution in [1.29, 1.82) is 0 Å². The molecule has 0 saturated carbocycles. The molecule has 1 atom stereocenters. The molecule has 1 heterocycles. The minimum Gasteiger partial charge on any atom is -0.272 e. The minimum atomic E-state index is 0.0961. The van der Waals surface area contributed by atoms with E-state index >= 15 is 0 Å². The first-order valence-corrected chi connectivity index (χ1v) is 8.02. The van der Waals surface area contributed by atoms with Gasteiger partial charge in [-0.1, -0.05) is 25.1 Å². The normalized spacial score (nSPS) is 12.6. The zero-order chi connectivity index (χ0) is 14.5. The monoisotopic (exact) mass is 290 g/mol. The second kappa shape index (κ2) is 6.92. The van der Waals surface area contributed by atoms with Crippen LogP contribution in [0.5, 0.6) is 0 Å². The first-order chi connectivity index (χ1) is 9.69. The molecule has 0 aliphatic carbocycles. The van der Waals surface area contributed by atoms with Gasteiger partial charge in [0, 0.05) is 24.1 Å². The van der Waals surface area contributed by atoms with Crippen molar-refractivity contribution in [1.82, 2.24) is 15.2 Å². The third-order valence-corrected chi connectivity index (χ3v) is 4.33. The fourth-order valence-electron chi connectivity index (χ4n) is 2.36. The van der Waals surface area contributed by atoms with Crippen molar-refractivity contribution < 1.29 is 0 Å². The molecule has 3 N–H and O–H groups in total. The van der Waals surface area contributed by atoms with Gasteiger partial charge < -0.3 is 0 Å². The number of nitrogens with two attached hydrogens (primary N) is 1. The lowest BCUT2D eigenvalue weighted by molar-refractivity contribution is 0.523. The van der Waals surface area contributed by atoms with Gasteiger partial charge in [-0.15, -0.1) is 11.8 Å². The fraction of sp³-hybridized carbons (Fsp3) is 0.400. The van der Waals surface area contributed by atoms with Gasteiger partial charge in [0.1, 0.15) is 0 Å². The average Bonchev–Trinajstić information content (AvgIpc) is 2.85. The molecule has 2 aromatic rings. The van der Waals surface area contributed by atoms with Crippen LogP contribution in [0.4, 0.5) is 0 Å². The quantitative estimate of drug-likeness (QED) is 0.487. The van der Waals surface area contributed by atoms with E-state index < -0.39 is 0 Å². The van der Waals surface area contributed by atoms with E-state index in [1.807, 2.05) is 11.7 Å². The van der Waals surface area contributed by atoms with Crippen molar-refractivity contribution in [2.45, 2.75) is 30.7 Å². The molecule has 20 heavy (non-hydrogen) atoms. The number of hydrogen-bond acceptors (Lipinski definition) is 4. The molecule has 0 aliphatic rings. The maximum Gasteiger partial charge on any atom is 0.0624 e. The van der Waals surface area contributed by atoms with Gasteiger partial charge in [-0.05, 0) is 30.4 Å². The molecular formula is C15H22N4S. The zero-order valence-corrected chi connectivity index (χ0v) is 13.1. The standard InChI is InChI=1S/C15H22N4S/c1-4-11-9-12(19(2)18-11)10-14(17-16)13-7-5-6-8-15(13)20-3/h5-9,14,17H,4,10,16H2,1-3H3. The Balaban J connectivity index is 2.26. The van der Waals surface area contributed by atoms with Crippen molar-refractivity contribution in [2.24, 2.45) is 12.9 Å². The number of benzene rings is 1. The minimum absolute atomic E-state index is 0.0961. The first-order valence-electron chi connectivity index (χ1n) is 6.80. The number of rotatable bonds is 6. The summed E-state index contributed by atoms with van der Waals surface area (Å²) < 4.78 is 1.95. The SMILES string of the molecule is CCc1cc(CC(NN)c2ccccc2SC)n(C)n1. The van der Waals surface area contributed by atoms with E-state index in [1.165, 1.54) is 16.2 Å². The second-order valence-corrected chi connectivity index (χ2v) is 5.62. The van der Waals surface area contributed by atoms with E-state index in [0.29, 0.717) is 0 Å². The van der Waals surface area contributed by atoms with Crippen molar-refractivity contribution >= 4 is 11.8 Å². The van der Waals surface area contributed by atoms with Crippen LogP contribution in [-0.4, -0.2) is 16.0 Å². The lowest BCUT2D eigenvalue weighted by atomic mass is 10.0. The van der Waals surface area contributed by atoms with Crippen molar-refractivity contribution in [2.75, 3.05) is 6.26 Å². The van der Waals surface area contributed by atoms with E-state index in [0.717, 1.165) is 18.5 Å². The number of aryl methyl sites for hydroxylation is 2. The van der Waals surface area contributed by atoms with Crippen LogP contribution >= 0.6 is 11.8 Å². The predicted octanol–water partition coefficient (Wildman–Crippen LogP) is 2.45. The summed E-state index contributed by atoms with van der Waals surface area (Å²) in [7, 11) is 1.99. The molecule has 108 valence electrons. The Hall–Kier alpha value is -1.30. The molecule has 0 bridgehead atoms. The molecule has 2 rings (SSSR count). The van der Waals surface area contributed by atoms with Gasteiger partial charge in [0.25, 0.3) is 0 Å². The topological polar surface area (TPSA) is 55.9 Å². The summed E-state index contributed by atoms with van der Waals surface area (Å²) in [6.45, 7) is 2.12. The Morgan fingerprint density at radius 2 is 2.15 bits per heavy atom. The average molecular weight is 290 g/mol. The van der Waals surface area contributed by atoms with Gasteiger partial charge in [0.05, 0.1) is 11.7 Å². The summed E-state index contributed by atoms with van der Waals surface area (Å²) in [5.41, 5.74) is 6.50. The molecule has 1 aromatic heterocycles. The number of hydrogen-bond donors (Lipinski definition) is 2. The highest BCUT2D eigenvalue weighted by atomic mass is 32.2. The van der Waals surface area contributed by atoms with Crippen LogP contribution in [-0.2, 0) is 19.9 Å². The Labute approximate surface area is 124 Å². The van der Waals surface area contributed by atoms with E-state index in [1.54, 1.807) is 11.8 Å². The van der Waals surface area contributed by atoms with Crippen LogP contribution in [0.3, 0.4) is 0 Å². The molecule has 0 radical (unpaired) electrons. The maximum absolute atomic E-state index is 5.78. The summed E-state index contributed by atoms with van der Waals surface area (Å²) in [5, 5.41) is 4.50. The number of thioether (sulfide) groups is 1. The largest absolute Gasteiger partial charge is 0.272 e. The third-order valence-electron chi connectivity index (χ3n) is 3.52. The number of aromatic nitrogens is 2. The van der Waals surface area contributed by atoms with E-state index in [-0.39, 0.29) is 6.04 Å². The summed E-state index contributed by atoms with van der Waals surface area (Å²) >= 11 is 1.75. The molecule has 0 saturated heterocycles. The first kappa shape index (κ1) is 15.1. The second-order valence-electron chi connectivity index (χ2n) is 4.77. The van der Waals surface area contributed by atoms with Crippen molar-refractivity contribution in [3.05, 3.63) is 47.3 Å². The summed E-state index contributed by atoms with van der Waals surface area (Å²) in [4.78, 5) is 1.26. The van der Waals surface area contributed by atoms with Crippen LogP contribution in [0.25, 0.3) is 0 Å². The van der Waals surface area contributed by atoms with Gasteiger partial charge in [0.2, 0.25) is 0 Å². The van der Waals surface area contributed by atoms with Gasteiger partial charge in [0.15, 0.2) is 0 Å². The molecule has 0 amide bonds. The smallest absolute Gasteiger partial charge is 0.0624 e. The lowest BCUT2D eigenvalue weighted by Crippen LogP contribution is -2.30.